The first-order chi connectivity index (χ1) is 11.7. The molecule has 122 valence electrons. The molecule has 0 radical (unpaired) electrons. The van der Waals surface area contributed by atoms with E-state index in [4.69, 9.17) is 0 Å². The van der Waals surface area contributed by atoms with Gasteiger partial charge in [0.1, 0.15) is 10.8 Å². The smallest absolute Gasteiger partial charge is 0.190 e. The summed E-state index contributed by atoms with van der Waals surface area (Å²) < 4.78 is 17.2. The van der Waals surface area contributed by atoms with E-state index in [2.05, 4.69) is 37.2 Å². The van der Waals surface area contributed by atoms with E-state index in [0.717, 1.165) is 21.3 Å². The van der Waals surface area contributed by atoms with Gasteiger partial charge in [0, 0.05) is 28.4 Å². The van der Waals surface area contributed by atoms with Gasteiger partial charge in [-0.25, -0.2) is 9.98 Å². The van der Waals surface area contributed by atoms with Gasteiger partial charge in [0.25, 0.3) is 0 Å². The normalized spacial score (nSPS) is 13.9. The minimum absolute atomic E-state index is 0.328. The van der Waals surface area contributed by atoms with Crippen molar-refractivity contribution in [2.75, 3.05) is 4.72 Å². The Labute approximate surface area is 153 Å². The molecule has 0 atom stereocenters. The van der Waals surface area contributed by atoms with Gasteiger partial charge in [-0.15, -0.1) is 0 Å². The Morgan fingerprint density at radius 2 is 2.08 bits per heavy atom. The molecule has 24 heavy (non-hydrogen) atoms. The van der Waals surface area contributed by atoms with Gasteiger partial charge < -0.3 is 4.72 Å². The van der Waals surface area contributed by atoms with E-state index < -0.39 is 0 Å². The molecule has 1 aromatic heterocycles. The number of benzene rings is 1. The molecule has 1 N–H and O–H groups in total. The van der Waals surface area contributed by atoms with Crippen molar-refractivity contribution in [2.24, 2.45) is 4.99 Å². The lowest BCUT2D eigenvalue weighted by Crippen LogP contribution is -1.98. The summed E-state index contributed by atoms with van der Waals surface area (Å²) in [6.07, 6.45) is 4.77. The highest BCUT2D eigenvalue weighted by atomic mass is 79.9. The van der Waals surface area contributed by atoms with Crippen LogP contribution in [0.15, 0.2) is 63.5 Å². The van der Waals surface area contributed by atoms with E-state index in [0.29, 0.717) is 23.7 Å². The lowest BCUT2D eigenvalue weighted by Gasteiger charge is -2.12. The summed E-state index contributed by atoms with van der Waals surface area (Å²) in [5.41, 5.74) is 2.83. The number of halogens is 2. The first-order valence-electron chi connectivity index (χ1n) is 7.42. The van der Waals surface area contributed by atoms with Crippen LogP contribution < -0.4 is 4.72 Å². The standard InChI is InChI=1S/C18H15BrFN3S/c1-2-12-6-3-4-7-13(12)18-14(19)10-11-16(22-18)23-24-17-9-5-8-15(20)21-17/h2-4,6-7,9-11H,1,5,8H2,(H,22,23). The van der Waals surface area contributed by atoms with Gasteiger partial charge in [0.05, 0.1) is 5.69 Å². The number of allylic oxidation sites excluding steroid dienone is 1. The zero-order chi connectivity index (χ0) is 16.9. The third-order valence-electron chi connectivity index (χ3n) is 3.44. The molecule has 1 aliphatic heterocycles. The highest BCUT2D eigenvalue weighted by molar-refractivity contribution is 9.10. The maximum atomic E-state index is 13.2. The van der Waals surface area contributed by atoms with Crippen LogP contribution in [0.5, 0.6) is 0 Å². The summed E-state index contributed by atoms with van der Waals surface area (Å²) in [4.78, 5) is 8.54. The molecule has 0 unspecified atom stereocenters. The predicted octanol–water partition coefficient (Wildman–Crippen LogP) is 6.22. The maximum absolute atomic E-state index is 13.2. The minimum atomic E-state index is -0.328. The van der Waals surface area contributed by atoms with Crippen LogP contribution in [-0.2, 0) is 0 Å². The monoisotopic (exact) mass is 403 g/mol. The van der Waals surface area contributed by atoms with E-state index in [1.807, 2.05) is 48.6 Å². The zero-order valence-electron chi connectivity index (χ0n) is 12.8. The first kappa shape index (κ1) is 16.9. The van der Waals surface area contributed by atoms with Crippen LogP contribution in [0.3, 0.4) is 0 Å². The molecule has 0 spiro atoms. The summed E-state index contributed by atoms with van der Waals surface area (Å²) >= 11 is 4.81. The van der Waals surface area contributed by atoms with Crippen molar-refractivity contribution in [1.82, 2.24) is 4.98 Å². The van der Waals surface area contributed by atoms with Crippen LogP contribution in [0.25, 0.3) is 17.3 Å². The number of aromatic nitrogens is 1. The Balaban J connectivity index is 1.84. The topological polar surface area (TPSA) is 37.3 Å². The second-order valence-corrected chi connectivity index (χ2v) is 6.77. The van der Waals surface area contributed by atoms with Gasteiger partial charge in [-0.1, -0.05) is 36.9 Å². The lowest BCUT2D eigenvalue weighted by molar-refractivity contribution is 0.750. The van der Waals surface area contributed by atoms with Crippen LogP contribution in [0.4, 0.5) is 10.2 Å². The number of anilines is 1. The molecular formula is C18H15BrFN3S. The Morgan fingerprint density at radius 3 is 2.88 bits per heavy atom. The zero-order valence-corrected chi connectivity index (χ0v) is 15.2. The molecule has 0 aliphatic carbocycles. The summed E-state index contributed by atoms with van der Waals surface area (Å²) in [6.45, 7) is 3.85. The second kappa shape index (κ2) is 7.77. The van der Waals surface area contributed by atoms with Crippen molar-refractivity contribution in [3.05, 3.63) is 64.1 Å². The number of hydrogen-bond acceptors (Lipinski definition) is 4. The molecule has 0 fully saturated rings. The Bertz CT molecular complexity index is 833. The fraction of sp³-hybridized carbons (Fsp3) is 0.111. The second-order valence-electron chi connectivity index (χ2n) is 5.09. The van der Waals surface area contributed by atoms with Crippen molar-refractivity contribution in [3.63, 3.8) is 0 Å². The highest BCUT2D eigenvalue weighted by Gasteiger charge is 2.11. The molecule has 1 aliphatic rings. The number of pyridine rings is 1. The van der Waals surface area contributed by atoms with Crippen LogP contribution in [0.2, 0.25) is 0 Å². The molecule has 3 rings (SSSR count). The summed E-state index contributed by atoms with van der Waals surface area (Å²) in [7, 11) is 0. The molecule has 1 aromatic carbocycles. The Hall–Kier alpha value is -1.92. The van der Waals surface area contributed by atoms with Gasteiger partial charge >= 0.3 is 0 Å². The minimum Gasteiger partial charge on any atom is -0.309 e. The average Bonchev–Trinajstić information content (AvgIpc) is 2.61. The van der Waals surface area contributed by atoms with E-state index in [1.165, 1.54) is 11.9 Å². The molecule has 0 saturated heterocycles. The van der Waals surface area contributed by atoms with Crippen LogP contribution in [0, 0.1) is 0 Å². The molecule has 2 aromatic rings. The van der Waals surface area contributed by atoms with Gasteiger partial charge in [-0.3, -0.25) is 0 Å². The highest BCUT2D eigenvalue weighted by Crippen LogP contribution is 2.32. The van der Waals surface area contributed by atoms with Crippen LogP contribution >= 0.6 is 27.9 Å². The van der Waals surface area contributed by atoms with E-state index in [-0.39, 0.29) is 5.97 Å². The fourth-order valence-electron chi connectivity index (χ4n) is 2.28. The number of nitrogens with zero attached hydrogens (tertiary/aromatic N) is 2. The van der Waals surface area contributed by atoms with Crippen molar-refractivity contribution in [3.8, 4) is 11.3 Å². The van der Waals surface area contributed by atoms with E-state index in [9.17, 15) is 4.39 Å². The van der Waals surface area contributed by atoms with Crippen molar-refractivity contribution in [2.45, 2.75) is 12.8 Å². The number of nitrogens with one attached hydrogen (secondary N) is 1. The number of hydrogen-bond donors (Lipinski definition) is 1. The quantitative estimate of drug-likeness (QED) is 0.602. The van der Waals surface area contributed by atoms with Gasteiger partial charge in [-0.05, 0) is 46.1 Å². The molecule has 2 heterocycles. The lowest BCUT2D eigenvalue weighted by atomic mass is 10.0. The molecule has 6 heteroatoms. The fourth-order valence-corrected chi connectivity index (χ4v) is 3.39. The predicted molar refractivity (Wildman–Crippen MR) is 105 cm³/mol. The number of rotatable bonds is 5. The van der Waals surface area contributed by atoms with Crippen molar-refractivity contribution in [1.29, 1.82) is 0 Å². The van der Waals surface area contributed by atoms with Gasteiger partial charge in [0.15, 0.2) is 5.97 Å². The number of aliphatic imine (C=N–C) groups is 1. The molecule has 0 bridgehead atoms. The molecule has 0 saturated carbocycles. The van der Waals surface area contributed by atoms with Gasteiger partial charge in [-0.2, -0.15) is 4.39 Å². The third-order valence-corrected chi connectivity index (χ3v) is 4.86. The molecule has 3 nitrogen and oxygen atoms in total. The SMILES string of the molecule is C=Cc1ccccc1-c1nc(NSC2=CCCC(F)=N2)ccc1Br. The van der Waals surface area contributed by atoms with Crippen molar-refractivity contribution >= 4 is 45.7 Å². The van der Waals surface area contributed by atoms with Crippen molar-refractivity contribution < 1.29 is 4.39 Å². The van der Waals surface area contributed by atoms with E-state index in [1.54, 1.807) is 0 Å². The molecule has 0 amide bonds. The largest absolute Gasteiger partial charge is 0.309 e. The summed E-state index contributed by atoms with van der Waals surface area (Å²) in [6, 6.07) is 11.7. The van der Waals surface area contributed by atoms with E-state index >= 15 is 0 Å². The third kappa shape index (κ3) is 3.94. The molecular weight excluding hydrogens is 389 g/mol. The summed E-state index contributed by atoms with van der Waals surface area (Å²) in [5, 5.41) is 0.622. The van der Waals surface area contributed by atoms with Crippen LogP contribution in [-0.4, -0.2) is 10.9 Å². The Morgan fingerprint density at radius 1 is 1.25 bits per heavy atom. The van der Waals surface area contributed by atoms with Gasteiger partial charge in [0.2, 0.25) is 0 Å². The Kier molecular flexibility index (Phi) is 5.48. The van der Waals surface area contributed by atoms with Crippen LogP contribution in [0.1, 0.15) is 18.4 Å². The summed E-state index contributed by atoms with van der Waals surface area (Å²) in [5.74, 6) is 0.352. The maximum Gasteiger partial charge on any atom is 0.190 e. The average molecular weight is 404 g/mol. The first-order valence-corrected chi connectivity index (χ1v) is 9.03.